The van der Waals surface area contributed by atoms with Gasteiger partial charge in [0.1, 0.15) is 11.8 Å². The number of β-lactam (4-membered cyclic amide) rings is 1. The molecular formula is C19H26N8O10S2. The number of carbonyl (C=O) groups excluding carboxylic acids is 3. The second-order valence-corrected chi connectivity index (χ2v) is 11.2. The number of hydrogen-bond acceptors (Lipinski definition) is 13. The number of aliphatic imine (C=N–C) groups is 1. The summed E-state index contributed by atoms with van der Waals surface area (Å²) in [4.78, 5) is 63.4. The molecule has 8 N–H and O–H groups in total. The molecule has 3 atom stereocenters. The van der Waals surface area contributed by atoms with Crippen molar-refractivity contribution in [2.24, 2.45) is 27.5 Å². The highest BCUT2D eigenvalue weighted by Crippen LogP contribution is 2.34. The average molecular weight is 591 g/mol. The quantitative estimate of drug-likeness (QED) is 0.0578. The second-order valence-electron chi connectivity index (χ2n) is 9.01. The molecule has 2 aliphatic rings. The van der Waals surface area contributed by atoms with Crippen LogP contribution in [0.2, 0.25) is 0 Å². The number of nitrogens with two attached hydrogens (primary N) is 3. The number of amides is 2. The number of nitrogens with zero attached hydrogens (tertiary/aromatic N) is 5. The van der Waals surface area contributed by atoms with Gasteiger partial charge in [-0.1, -0.05) is 5.16 Å². The van der Waals surface area contributed by atoms with Crippen LogP contribution < -0.4 is 17.2 Å². The van der Waals surface area contributed by atoms with Crippen molar-refractivity contribution in [3.05, 3.63) is 11.1 Å². The van der Waals surface area contributed by atoms with E-state index in [-0.39, 0.29) is 34.2 Å². The third-order valence-corrected chi connectivity index (χ3v) is 7.32. The molecule has 0 saturated carbocycles. The van der Waals surface area contributed by atoms with E-state index in [1.807, 2.05) is 0 Å². The van der Waals surface area contributed by atoms with E-state index in [9.17, 15) is 37.3 Å². The number of nitrogen functional groups attached to an aromatic ring is 1. The summed E-state index contributed by atoms with van der Waals surface area (Å²) in [5.41, 5.74) is 13.8. The van der Waals surface area contributed by atoms with Crippen LogP contribution in [0, 0.1) is 5.92 Å². The third kappa shape index (κ3) is 6.70. The monoisotopic (exact) mass is 590 g/mol. The Bertz CT molecular complexity index is 1340. The van der Waals surface area contributed by atoms with Crippen LogP contribution in [0.25, 0.3) is 0 Å². The first-order valence-electron chi connectivity index (χ1n) is 11.1. The molecular weight excluding hydrogens is 564 g/mol. The Balaban J connectivity index is 1.84. The standard InChI is InChI=1S/C19H26N8O10S2/c1-19(2,15(30)31)37-25-13(10-7-38-17(22)24-10)12(28)3-9-11(27(14(9)29)39(33,34)35)6-26-5-8(36-18(26)32)4-23-16(20)21/h7-9,11H,3-6H2,1-2H3,(H2,22,24)(H,30,31)(H4,20,21,23)(H,33,34,35)/b25-13-/t8-,9-,11+/m0/s1. The van der Waals surface area contributed by atoms with Crippen LogP contribution in [-0.4, -0.2) is 105 Å². The minimum absolute atomic E-state index is 0.0565. The highest BCUT2D eigenvalue weighted by molar-refractivity contribution is 7.84. The summed E-state index contributed by atoms with van der Waals surface area (Å²) < 4.78 is 38.6. The van der Waals surface area contributed by atoms with Gasteiger partial charge in [0, 0.05) is 18.3 Å². The molecule has 0 radical (unpaired) electrons. The van der Waals surface area contributed by atoms with Gasteiger partial charge < -0.3 is 36.8 Å². The molecule has 1 aromatic rings. The van der Waals surface area contributed by atoms with Crippen LogP contribution in [0.1, 0.15) is 26.0 Å². The van der Waals surface area contributed by atoms with Gasteiger partial charge in [-0.2, -0.15) is 8.42 Å². The maximum Gasteiger partial charge on any atom is 0.410 e. The van der Waals surface area contributed by atoms with Crippen LogP contribution in [0.3, 0.4) is 0 Å². The van der Waals surface area contributed by atoms with Gasteiger partial charge in [-0.15, -0.1) is 11.3 Å². The molecule has 0 spiro atoms. The summed E-state index contributed by atoms with van der Waals surface area (Å²) in [5.74, 6) is -4.92. The number of ether oxygens (including phenoxy) is 1. The van der Waals surface area contributed by atoms with Gasteiger partial charge >= 0.3 is 22.4 Å². The molecule has 0 aromatic carbocycles. The van der Waals surface area contributed by atoms with Crippen molar-refractivity contribution in [2.45, 2.75) is 38.0 Å². The number of thiazole rings is 1. The number of Topliss-reactive ketones (excluding diaryl/α,β-unsaturated/α-hetero) is 1. The van der Waals surface area contributed by atoms with Crippen molar-refractivity contribution in [2.75, 3.05) is 25.4 Å². The van der Waals surface area contributed by atoms with Crippen LogP contribution in [-0.2, 0) is 34.3 Å². The maximum absolute atomic E-state index is 13.2. The Morgan fingerprint density at radius 1 is 1.33 bits per heavy atom. The lowest BCUT2D eigenvalue weighted by Gasteiger charge is -2.45. The molecule has 2 aliphatic heterocycles. The topological polar surface area (TPSA) is 283 Å². The van der Waals surface area contributed by atoms with E-state index in [4.69, 9.17) is 26.8 Å². The Morgan fingerprint density at radius 2 is 2.00 bits per heavy atom. The van der Waals surface area contributed by atoms with Gasteiger partial charge in [0.05, 0.1) is 25.0 Å². The molecule has 3 rings (SSSR count). The summed E-state index contributed by atoms with van der Waals surface area (Å²) in [5, 5.41) is 14.3. The van der Waals surface area contributed by atoms with E-state index in [2.05, 4.69) is 15.1 Å². The highest BCUT2D eigenvalue weighted by Gasteiger charge is 2.55. The zero-order chi connectivity index (χ0) is 29.3. The first-order valence-corrected chi connectivity index (χ1v) is 13.3. The van der Waals surface area contributed by atoms with Gasteiger partial charge in [0.25, 0.3) is 0 Å². The van der Waals surface area contributed by atoms with Gasteiger partial charge in [0.15, 0.2) is 22.6 Å². The Hall–Kier alpha value is -4.04. The Labute approximate surface area is 225 Å². The van der Waals surface area contributed by atoms with E-state index < -0.39 is 76.4 Å². The molecule has 0 unspecified atom stereocenters. The summed E-state index contributed by atoms with van der Waals surface area (Å²) >= 11 is 0.952. The molecule has 39 heavy (non-hydrogen) atoms. The summed E-state index contributed by atoms with van der Waals surface area (Å²) in [7, 11) is -5.04. The molecule has 2 saturated heterocycles. The highest BCUT2D eigenvalue weighted by atomic mass is 32.2. The minimum atomic E-state index is -5.04. The van der Waals surface area contributed by atoms with Crippen molar-refractivity contribution in [3.8, 4) is 0 Å². The van der Waals surface area contributed by atoms with Crippen molar-refractivity contribution in [3.63, 3.8) is 0 Å². The van der Waals surface area contributed by atoms with Crippen molar-refractivity contribution < 1.29 is 46.8 Å². The lowest BCUT2D eigenvalue weighted by Crippen LogP contribution is -2.66. The normalized spacial score (nSPS) is 21.8. The number of cyclic esters (lactones) is 1. The molecule has 20 heteroatoms. The number of aliphatic carboxylic acids is 1. The van der Waals surface area contributed by atoms with E-state index in [0.29, 0.717) is 0 Å². The van der Waals surface area contributed by atoms with E-state index in [0.717, 1.165) is 16.2 Å². The number of aromatic nitrogens is 1. The molecule has 18 nitrogen and oxygen atoms in total. The fourth-order valence-corrected chi connectivity index (χ4v) is 5.13. The largest absolute Gasteiger partial charge is 0.478 e. The smallest absolute Gasteiger partial charge is 0.410 e. The molecule has 2 fully saturated rings. The van der Waals surface area contributed by atoms with Gasteiger partial charge in [-0.05, 0) is 13.8 Å². The lowest BCUT2D eigenvalue weighted by atomic mass is 9.84. The van der Waals surface area contributed by atoms with E-state index in [1.54, 1.807) is 0 Å². The predicted octanol–water partition coefficient (Wildman–Crippen LogP) is -2.01. The lowest BCUT2D eigenvalue weighted by molar-refractivity contribution is -0.161. The molecule has 3 heterocycles. The van der Waals surface area contributed by atoms with E-state index >= 15 is 0 Å². The number of rotatable bonds is 12. The summed E-state index contributed by atoms with van der Waals surface area (Å²) in [6, 6.07) is -1.34. The zero-order valence-electron chi connectivity index (χ0n) is 20.6. The molecule has 0 aliphatic carbocycles. The van der Waals surface area contributed by atoms with Crippen LogP contribution in [0.5, 0.6) is 0 Å². The number of oxime groups is 1. The van der Waals surface area contributed by atoms with Gasteiger partial charge in [-0.3, -0.25) is 14.1 Å². The van der Waals surface area contributed by atoms with Crippen LogP contribution in [0.4, 0.5) is 9.93 Å². The second kappa shape index (κ2) is 11.0. The van der Waals surface area contributed by atoms with Crippen LogP contribution in [0.15, 0.2) is 15.5 Å². The fourth-order valence-electron chi connectivity index (χ4n) is 3.67. The fraction of sp³-hybridized carbons (Fsp3) is 0.526. The van der Waals surface area contributed by atoms with E-state index in [1.165, 1.54) is 19.2 Å². The van der Waals surface area contributed by atoms with Gasteiger partial charge in [-0.25, -0.2) is 23.9 Å². The van der Waals surface area contributed by atoms with Crippen LogP contribution >= 0.6 is 11.3 Å². The molecule has 0 bridgehead atoms. The number of carboxylic acids is 1. The predicted molar refractivity (Wildman–Crippen MR) is 134 cm³/mol. The van der Waals surface area contributed by atoms with Crippen molar-refractivity contribution in [1.82, 2.24) is 14.2 Å². The summed E-state index contributed by atoms with van der Waals surface area (Å²) in [6.45, 7) is 1.81. The number of carboxylic acid groups (broad SMARTS) is 1. The number of carbonyl (C=O) groups is 4. The number of ketones is 1. The van der Waals surface area contributed by atoms with Crippen molar-refractivity contribution in [1.29, 1.82) is 0 Å². The first-order chi connectivity index (χ1) is 18.0. The number of anilines is 1. The summed E-state index contributed by atoms with van der Waals surface area (Å²) in [6.07, 6.45) is -2.27. The van der Waals surface area contributed by atoms with Gasteiger partial charge in [0.2, 0.25) is 11.5 Å². The Morgan fingerprint density at radius 3 is 2.54 bits per heavy atom. The average Bonchev–Trinajstić information content (AvgIpc) is 3.39. The SMILES string of the molecule is CC(C)(O/N=C(\C(=O)C[C@@H]1C(=O)N(S(=O)(=O)O)[C@@H]1CN1C[C@H](CN=C(N)N)OC1=O)c1csc(N)n1)C(=O)O. The third-order valence-electron chi connectivity index (χ3n) is 5.70. The Kier molecular flexibility index (Phi) is 8.31. The zero-order valence-corrected chi connectivity index (χ0v) is 22.2. The van der Waals surface area contributed by atoms with Crippen molar-refractivity contribution >= 4 is 62.2 Å². The molecule has 1 aromatic heterocycles. The minimum Gasteiger partial charge on any atom is -0.478 e. The number of hydrogen-bond donors (Lipinski definition) is 5. The molecule has 214 valence electrons. The molecule has 2 amide bonds. The number of guanidine groups is 1. The first kappa shape index (κ1) is 29.5. The maximum atomic E-state index is 13.2.